The number of ether oxygens (including phenoxy) is 2. The van der Waals surface area contributed by atoms with Gasteiger partial charge < -0.3 is 44.9 Å². The van der Waals surface area contributed by atoms with Crippen LogP contribution in [0.15, 0.2) is 52.9 Å². The van der Waals surface area contributed by atoms with E-state index >= 15 is 0 Å². The van der Waals surface area contributed by atoms with Crippen LogP contribution in [0.3, 0.4) is 0 Å². The quantitative estimate of drug-likeness (QED) is 0.0341. The molecule has 4 amide bonds. The lowest BCUT2D eigenvalue weighted by molar-refractivity contribution is -0.171. The average molecular weight is 809 g/mol. The molecule has 17 nitrogen and oxygen atoms in total. The van der Waals surface area contributed by atoms with Gasteiger partial charge in [0, 0.05) is 5.56 Å². The van der Waals surface area contributed by atoms with Crippen LogP contribution in [0, 0.1) is 5.92 Å². The van der Waals surface area contributed by atoms with Gasteiger partial charge in [-0.1, -0.05) is 53.0 Å². The number of hydrogen-bond acceptors (Lipinski definition) is 11. The third-order valence-corrected chi connectivity index (χ3v) is 9.19. The Kier molecular flexibility index (Phi) is 17.7. The topological polar surface area (TPSA) is 240 Å². The molecule has 0 unspecified atom stereocenters. The fourth-order valence-corrected chi connectivity index (χ4v) is 6.19. The first kappa shape index (κ1) is 46.0. The van der Waals surface area contributed by atoms with Gasteiger partial charge in [-0.25, -0.2) is 9.59 Å². The van der Waals surface area contributed by atoms with Gasteiger partial charge in [0.25, 0.3) is 11.8 Å². The minimum Gasteiger partial charge on any atom is -0.497 e. The number of carbonyl (C=O) groups is 7. The summed E-state index contributed by atoms with van der Waals surface area (Å²) in [5, 5.41) is 26.7. The number of benzene rings is 2. The second-order valence-corrected chi connectivity index (χ2v) is 13.5. The summed E-state index contributed by atoms with van der Waals surface area (Å²) in [5.41, 5.74) is 1.28. The molecule has 0 aliphatic rings. The van der Waals surface area contributed by atoms with Crippen LogP contribution >= 0.6 is 0 Å². The molecule has 0 radical (unpaired) electrons. The molecule has 0 saturated carbocycles. The summed E-state index contributed by atoms with van der Waals surface area (Å²) in [6, 6.07) is 9.63. The number of hydroxylamine groups is 2. The van der Waals surface area contributed by atoms with Gasteiger partial charge in [0.1, 0.15) is 23.3 Å². The summed E-state index contributed by atoms with van der Waals surface area (Å²) in [7, 11) is 1.52. The van der Waals surface area contributed by atoms with Crippen molar-refractivity contribution >= 4 is 42.0 Å². The van der Waals surface area contributed by atoms with E-state index in [1.54, 1.807) is 32.0 Å². The number of furan rings is 1. The van der Waals surface area contributed by atoms with Crippen LogP contribution < -0.4 is 25.4 Å². The van der Waals surface area contributed by atoms with E-state index in [1.807, 2.05) is 20.8 Å². The second-order valence-electron chi connectivity index (χ2n) is 13.5. The predicted molar refractivity (Wildman–Crippen MR) is 209 cm³/mol. The molecule has 17 heteroatoms. The van der Waals surface area contributed by atoms with Crippen molar-refractivity contribution in [3.05, 3.63) is 71.0 Å². The minimum atomic E-state index is -1.67. The second kappa shape index (κ2) is 22.4. The van der Waals surface area contributed by atoms with E-state index in [2.05, 4.69) is 16.0 Å². The largest absolute Gasteiger partial charge is 0.497 e. The van der Waals surface area contributed by atoms with Gasteiger partial charge in [-0.15, -0.1) is 0 Å². The van der Waals surface area contributed by atoms with Gasteiger partial charge in [-0.2, -0.15) is 5.06 Å². The van der Waals surface area contributed by atoms with Gasteiger partial charge in [0.2, 0.25) is 12.3 Å². The first-order valence-corrected chi connectivity index (χ1v) is 19.0. The highest BCUT2D eigenvalue weighted by atomic mass is 16.7. The van der Waals surface area contributed by atoms with E-state index in [0.29, 0.717) is 36.1 Å². The molecule has 0 fully saturated rings. The zero-order valence-electron chi connectivity index (χ0n) is 33.5. The molecule has 0 aliphatic heterocycles. The van der Waals surface area contributed by atoms with Gasteiger partial charge in [0.15, 0.2) is 5.76 Å². The van der Waals surface area contributed by atoms with Crippen molar-refractivity contribution in [2.45, 2.75) is 91.1 Å². The Morgan fingerprint density at radius 3 is 2.22 bits per heavy atom. The number of carbonyl (C=O) groups excluding carboxylic acids is 5. The van der Waals surface area contributed by atoms with Crippen LogP contribution in [0.1, 0.15) is 116 Å². The Balaban J connectivity index is 1.72. The lowest BCUT2D eigenvalue weighted by Crippen LogP contribution is -2.49. The number of rotatable bonds is 24. The molecule has 3 atom stereocenters. The molecule has 0 saturated heterocycles. The SMILES string of the molecule is CCCCC[C@@H](C(=O)NCNC(=O)c1ccc(-c2ccc(C(=O)N[C@@H](CC(=O)O)C(=O)O)c(OCC)c2)o1)[C@@H](CC)N(C=O)OC(=O)c1ccc(OC)cc1C(C)C. The van der Waals surface area contributed by atoms with Gasteiger partial charge in [-0.05, 0) is 73.7 Å². The van der Waals surface area contributed by atoms with E-state index in [0.717, 1.165) is 17.9 Å². The number of methoxy groups -OCH3 is 1. The molecule has 1 heterocycles. The van der Waals surface area contributed by atoms with E-state index in [-0.39, 0.29) is 54.0 Å². The summed E-state index contributed by atoms with van der Waals surface area (Å²) < 4.78 is 16.7. The zero-order chi connectivity index (χ0) is 42.9. The Bertz CT molecular complexity index is 1920. The third-order valence-electron chi connectivity index (χ3n) is 9.19. The summed E-state index contributed by atoms with van der Waals surface area (Å²) in [6.07, 6.45) is 2.57. The molecular weight excluding hydrogens is 756 g/mol. The van der Waals surface area contributed by atoms with Crippen LogP contribution in [-0.2, 0) is 24.0 Å². The molecule has 0 spiro atoms. The predicted octanol–water partition coefficient (Wildman–Crippen LogP) is 5.14. The zero-order valence-corrected chi connectivity index (χ0v) is 33.5. The van der Waals surface area contributed by atoms with Crippen molar-refractivity contribution in [1.29, 1.82) is 0 Å². The lowest BCUT2D eigenvalue weighted by atomic mass is 9.90. The van der Waals surface area contributed by atoms with Crippen LogP contribution in [0.25, 0.3) is 11.3 Å². The van der Waals surface area contributed by atoms with Crippen molar-refractivity contribution in [1.82, 2.24) is 21.0 Å². The summed E-state index contributed by atoms with van der Waals surface area (Å²) in [5.74, 6) is -5.79. The molecule has 3 rings (SSSR count). The molecule has 2 aromatic carbocycles. The molecule has 1 aromatic heterocycles. The Labute approximate surface area is 336 Å². The fourth-order valence-electron chi connectivity index (χ4n) is 6.19. The number of carboxylic acids is 2. The highest BCUT2D eigenvalue weighted by Crippen LogP contribution is 2.30. The molecule has 5 N–H and O–H groups in total. The first-order valence-electron chi connectivity index (χ1n) is 19.0. The van der Waals surface area contributed by atoms with Crippen molar-refractivity contribution < 1.29 is 62.5 Å². The molecule has 58 heavy (non-hydrogen) atoms. The standard InChI is InChI=1S/C41H52N4O13/c1-7-10-11-12-28(32(8-2)45(23-46)58-41(54)27-16-14-26(55-6)20-30(27)24(4)5)37(49)42-22-43-39(51)34-18-17-33(57-34)25-13-15-29(35(19-25)56-9-3)38(50)44-31(40(52)53)21-36(47)48/h13-20,23-24,28,31-32H,7-12,21-22H2,1-6H3,(H,42,49)(H,43,51)(H,44,50)(H,47,48)(H,52,53)/t28-,31+,32-/m1/s1. The van der Waals surface area contributed by atoms with Crippen LogP contribution in [0.5, 0.6) is 11.5 Å². The fraction of sp³-hybridized carbons (Fsp3) is 0.439. The van der Waals surface area contributed by atoms with Crippen molar-refractivity contribution in [2.75, 3.05) is 20.4 Å². The minimum absolute atomic E-state index is 0.0484. The molecule has 314 valence electrons. The maximum Gasteiger partial charge on any atom is 0.363 e. The summed E-state index contributed by atoms with van der Waals surface area (Å²) in [4.78, 5) is 93.5. The van der Waals surface area contributed by atoms with Gasteiger partial charge in [-0.3, -0.25) is 24.0 Å². The van der Waals surface area contributed by atoms with E-state index in [1.165, 1.54) is 37.4 Å². The van der Waals surface area contributed by atoms with Crippen LogP contribution in [0.2, 0.25) is 0 Å². The van der Waals surface area contributed by atoms with Crippen LogP contribution in [-0.4, -0.2) is 89.8 Å². The van der Waals surface area contributed by atoms with Gasteiger partial charge in [0.05, 0.1) is 49.9 Å². The Hall–Kier alpha value is -6.39. The Morgan fingerprint density at radius 1 is 0.897 bits per heavy atom. The number of nitrogens with one attached hydrogen (secondary N) is 3. The number of nitrogens with zero attached hydrogens (tertiary/aromatic N) is 1. The maximum atomic E-state index is 13.7. The van der Waals surface area contributed by atoms with E-state index in [4.69, 9.17) is 23.8 Å². The molecule has 0 aliphatic carbocycles. The number of unbranched alkanes of at least 4 members (excludes halogenated alkanes) is 2. The molecule has 0 bridgehead atoms. The number of aliphatic carboxylic acids is 2. The third kappa shape index (κ3) is 12.6. The number of carboxylic acid groups (broad SMARTS) is 2. The smallest absolute Gasteiger partial charge is 0.363 e. The van der Waals surface area contributed by atoms with E-state index in [9.17, 15) is 38.7 Å². The van der Waals surface area contributed by atoms with Gasteiger partial charge >= 0.3 is 17.9 Å². The monoisotopic (exact) mass is 808 g/mol. The number of amides is 4. The summed E-state index contributed by atoms with van der Waals surface area (Å²) in [6.45, 7) is 9.12. The first-order chi connectivity index (χ1) is 27.7. The van der Waals surface area contributed by atoms with Crippen molar-refractivity contribution in [3.8, 4) is 22.8 Å². The lowest BCUT2D eigenvalue weighted by Gasteiger charge is -2.32. The highest BCUT2D eigenvalue weighted by molar-refractivity contribution is 6.00. The molecule has 3 aromatic rings. The maximum absolute atomic E-state index is 13.7. The normalized spacial score (nSPS) is 12.4. The number of hydrogen-bond donors (Lipinski definition) is 5. The average Bonchev–Trinajstić information content (AvgIpc) is 3.70. The molecular formula is C41H52N4O13. The summed E-state index contributed by atoms with van der Waals surface area (Å²) >= 11 is 0. The highest BCUT2D eigenvalue weighted by Gasteiger charge is 2.34. The van der Waals surface area contributed by atoms with Crippen molar-refractivity contribution in [2.24, 2.45) is 5.92 Å². The van der Waals surface area contributed by atoms with Crippen LogP contribution in [0.4, 0.5) is 0 Å². The Morgan fingerprint density at radius 2 is 1.62 bits per heavy atom. The van der Waals surface area contributed by atoms with E-state index < -0.39 is 60.1 Å². The van der Waals surface area contributed by atoms with Crippen molar-refractivity contribution in [3.63, 3.8) is 0 Å².